The van der Waals surface area contributed by atoms with Crippen LogP contribution in [0, 0.1) is 5.92 Å². The second-order valence-electron chi connectivity index (χ2n) is 7.33. The standard InChI is InChI=1S/C20H27N5O5S/c1-11(2)7-8-23-19(29)16(12-3-5-13(27)6-4-12)25(9-10-26)20(30)17-14(21)15(18(22)28)24-31-17/h3-6,11,16,26-27H,7-10,21H2,1-2H3,(H2,22,28)(H,23,29). The van der Waals surface area contributed by atoms with Crippen LogP contribution in [-0.4, -0.2) is 56.9 Å². The molecule has 0 saturated carbocycles. The highest BCUT2D eigenvalue weighted by atomic mass is 32.1. The maximum atomic E-state index is 13.3. The van der Waals surface area contributed by atoms with Crippen LogP contribution in [0.4, 0.5) is 5.69 Å². The molecule has 10 nitrogen and oxygen atoms in total. The van der Waals surface area contributed by atoms with Gasteiger partial charge in [0, 0.05) is 13.1 Å². The van der Waals surface area contributed by atoms with Crippen molar-refractivity contribution in [2.45, 2.75) is 26.3 Å². The average Bonchev–Trinajstić information content (AvgIpc) is 3.09. The molecule has 1 aromatic heterocycles. The van der Waals surface area contributed by atoms with E-state index in [1.165, 1.54) is 24.3 Å². The van der Waals surface area contributed by atoms with Crippen molar-refractivity contribution in [3.05, 3.63) is 40.4 Å². The SMILES string of the molecule is CC(C)CCNC(=O)C(c1ccc(O)cc1)N(CCO)C(=O)c1snc(C(N)=O)c1N. The Bertz CT molecular complexity index is 929. The predicted molar refractivity (Wildman–Crippen MR) is 116 cm³/mol. The van der Waals surface area contributed by atoms with Crippen molar-refractivity contribution in [3.63, 3.8) is 0 Å². The van der Waals surface area contributed by atoms with E-state index in [1.54, 1.807) is 0 Å². The minimum Gasteiger partial charge on any atom is -0.508 e. The number of nitrogen functional groups attached to an aromatic ring is 1. The van der Waals surface area contributed by atoms with Gasteiger partial charge in [-0.2, -0.15) is 4.37 Å². The number of aliphatic hydroxyl groups is 1. The molecule has 3 amide bonds. The number of hydrogen-bond acceptors (Lipinski definition) is 8. The topological polar surface area (TPSA) is 172 Å². The van der Waals surface area contributed by atoms with Gasteiger partial charge in [0.05, 0.1) is 12.3 Å². The zero-order valence-corrected chi connectivity index (χ0v) is 18.2. The number of benzene rings is 1. The highest BCUT2D eigenvalue weighted by Gasteiger charge is 2.34. The van der Waals surface area contributed by atoms with E-state index in [9.17, 15) is 24.6 Å². The predicted octanol–water partition coefficient (Wildman–Crippen LogP) is 0.868. The van der Waals surface area contributed by atoms with Crippen molar-refractivity contribution in [2.75, 3.05) is 25.4 Å². The number of rotatable bonds is 10. The van der Waals surface area contributed by atoms with Crippen LogP contribution in [0.3, 0.4) is 0 Å². The molecule has 2 rings (SSSR count). The molecule has 1 unspecified atom stereocenters. The van der Waals surface area contributed by atoms with Gasteiger partial charge in [-0.3, -0.25) is 14.4 Å². The lowest BCUT2D eigenvalue weighted by Crippen LogP contribution is -2.45. The Kier molecular flexibility index (Phi) is 8.34. The minimum atomic E-state index is -1.11. The Labute approximate surface area is 184 Å². The highest BCUT2D eigenvalue weighted by molar-refractivity contribution is 7.09. The molecule has 31 heavy (non-hydrogen) atoms. The molecule has 1 atom stereocenters. The zero-order chi connectivity index (χ0) is 23.1. The van der Waals surface area contributed by atoms with E-state index in [0.29, 0.717) is 29.6 Å². The number of primary amides is 1. The summed E-state index contributed by atoms with van der Waals surface area (Å²) in [6, 6.07) is 4.73. The van der Waals surface area contributed by atoms with Crippen molar-refractivity contribution in [1.82, 2.24) is 14.6 Å². The molecule has 1 heterocycles. The van der Waals surface area contributed by atoms with Gasteiger partial charge in [0.25, 0.3) is 11.8 Å². The van der Waals surface area contributed by atoms with Crippen LogP contribution >= 0.6 is 11.5 Å². The summed E-state index contributed by atoms with van der Waals surface area (Å²) in [7, 11) is 0. The van der Waals surface area contributed by atoms with Crippen LogP contribution in [0.25, 0.3) is 0 Å². The first kappa shape index (κ1) is 24.1. The molecule has 0 saturated heterocycles. The second-order valence-corrected chi connectivity index (χ2v) is 8.10. The van der Waals surface area contributed by atoms with Crippen LogP contribution in [0.1, 0.15) is 52.0 Å². The lowest BCUT2D eigenvalue weighted by atomic mass is 10.0. The Morgan fingerprint density at radius 1 is 1.23 bits per heavy atom. The van der Waals surface area contributed by atoms with Crippen molar-refractivity contribution >= 4 is 34.9 Å². The second kappa shape index (κ2) is 10.7. The number of phenols is 1. The summed E-state index contributed by atoms with van der Waals surface area (Å²) in [6.07, 6.45) is 0.742. The summed E-state index contributed by atoms with van der Waals surface area (Å²) in [5.74, 6) is -1.63. The number of nitrogens with one attached hydrogen (secondary N) is 1. The number of amides is 3. The number of aromatic nitrogens is 1. The number of phenolic OH excluding ortho intramolecular Hbond substituents is 1. The third-order valence-corrected chi connectivity index (χ3v) is 5.40. The molecule has 0 aliphatic heterocycles. The van der Waals surface area contributed by atoms with Gasteiger partial charge in [-0.1, -0.05) is 26.0 Å². The van der Waals surface area contributed by atoms with E-state index < -0.39 is 30.4 Å². The average molecular weight is 450 g/mol. The number of aromatic hydroxyl groups is 1. The maximum absolute atomic E-state index is 13.3. The van der Waals surface area contributed by atoms with E-state index in [-0.39, 0.29) is 28.6 Å². The number of carbonyl (C=O) groups is 3. The smallest absolute Gasteiger partial charge is 0.270 e. The number of nitrogens with two attached hydrogens (primary N) is 2. The van der Waals surface area contributed by atoms with Crippen molar-refractivity contribution < 1.29 is 24.6 Å². The van der Waals surface area contributed by atoms with Crippen LogP contribution in [0.15, 0.2) is 24.3 Å². The van der Waals surface area contributed by atoms with Gasteiger partial charge in [-0.15, -0.1) is 0 Å². The summed E-state index contributed by atoms with van der Waals surface area (Å²) in [4.78, 5) is 38.9. The summed E-state index contributed by atoms with van der Waals surface area (Å²) in [5.41, 5.74) is 11.2. The van der Waals surface area contributed by atoms with E-state index in [4.69, 9.17) is 11.5 Å². The summed E-state index contributed by atoms with van der Waals surface area (Å²) in [6.45, 7) is 3.86. The first-order chi connectivity index (χ1) is 14.7. The molecule has 0 aliphatic rings. The van der Waals surface area contributed by atoms with Gasteiger partial charge in [0.15, 0.2) is 5.69 Å². The summed E-state index contributed by atoms with van der Waals surface area (Å²) < 4.78 is 3.83. The Morgan fingerprint density at radius 3 is 2.39 bits per heavy atom. The molecule has 11 heteroatoms. The Morgan fingerprint density at radius 2 is 1.87 bits per heavy atom. The largest absolute Gasteiger partial charge is 0.508 e. The molecule has 0 radical (unpaired) electrons. The lowest BCUT2D eigenvalue weighted by Gasteiger charge is -2.30. The highest BCUT2D eigenvalue weighted by Crippen LogP contribution is 2.29. The first-order valence-electron chi connectivity index (χ1n) is 9.70. The van der Waals surface area contributed by atoms with Gasteiger partial charge in [0.2, 0.25) is 5.91 Å². The fourth-order valence-electron chi connectivity index (χ4n) is 2.93. The number of hydrogen-bond donors (Lipinski definition) is 5. The maximum Gasteiger partial charge on any atom is 0.270 e. The normalized spacial score (nSPS) is 11.9. The van der Waals surface area contributed by atoms with Crippen LogP contribution in [-0.2, 0) is 4.79 Å². The van der Waals surface area contributed by atoms with Crippen LogP contribution in [0.5, 0.6) is 5.75 Å². The fourth-order valence-corrected chi connectivity index (χ4v) is 3.69. The molecule has 0 aliphatic carbocycles. The fraction of sp³-hybridized carbons (Fsp3) is 0.400. The van der Waals surface area contributed by atoms with Gasteiger partial charge < -0.3 is 31.9 Å². The van der Waals surface area contributed by atoms with Gasteiger partial charge in [-0.25, -0.2) is 0 Å². The van der Waals surface area contributed by atoms with Gasteiger partial charge in [0.1, 0.15) is 16.7 Å². The summed E-state index contributed by atoms with van der Waals surface area (Å²) in [5, 5.41) is 22.0. The van der Waals surface area contributed by atoms with Crippen molar-refractivity contribution in [2.24, 2.45) is 11.7 Å². The van der Waals surface area contributed by atoms with E-state index in [2.05, 4.69) is 9.69 Å². The van der Waals surface area contributed by atoms with Crippen molar-refractivity contribution in [3.8, 4) is 5.75 Å². The van der Waals surface area contributed by atoms with Gasteiger partial charge in [-0.05, 0) is 41.6 Å². The number of nitrogens with zero attached hydrogens (tertiary/aromatic N) is 2. The quantitative estimate of drug-likeness (QED) is 0.358. The van der Waals surface area contributed by atoms with E-state index in [0.717, 1.165) is 11.3 Å². The van der Waals surface area contributed by atoms with E-state index >= 15 is 0 Å². The van der Waals surface area contributed by atoms with E-state index in [1.807, 2.05) is 13.8 Å². The molecule has 0 fully saturated rings. The lowest BCUT2D eigenvalue weighted by molar-refractivity contribution is -0.126. The Balaban J connectivity index is 2.45. The molecule has 2 aromatic rings. The number of aliphatic hydroxyl groups excluding tert-OH is 1. The molecular formula is C20H27N5O5S. The molecule has 168 valence electrons. The number of anilines is 1. The number of carbonyl (C=O) groups excluding carboxylic acids is 3. The third kappa shape index (κ3) is 5.92. The summed E-state index contributed by atoms with van der Waals surface area (Å²) >= 11 is 0.695. The Hall–Kier alpha value is -3.18. The van der Waals surface area contributed by atoms with Gasteiger partial charge >= 0.3 is 0 Å². The van der Waals surface area contributed by atoms with Crippen LogP contribution in [0.2, 0.25) is 0 Å². The first-order valence-corrected chi connectivity index (χ1v) is 10.5. The molecular weight excluding hydrogens is 422 g/mol. The van der Waals surface area contributed by atoms with Crippen molar-refractivity contribution in [1.29, 1.82) is 0 Å². The molecule has 0 spiro atoms. The molecule has 7 N–H and O–H groups in total. The molecule has 1 aromatic carbocycles. The third-order valence-electron chi connectivity index (χ3n) is 4.55. The monoisotopic (exact) mass is 449 g/mol. The zero-order valence-electron chi connectivity index (χ0n) is 17.4. The van der Waals surface area contributed by atoms with Crippen LogP contribution < -0.4 is 16.8 Å². The minimum absolute atomic E-state index is 0.000511. The molecule has 0 bridgehead atoms.